The average molecular weight is 206 g/mol. The van der Waals surface area contributed by atoms with Crippen molar-refractivity contribution in [3.8, 4) is 0 Å². The molecule has 0 nitrogen and oxygen atoms in total. The number of rotatable bonds is 7. The predicted octanol–water partition coefficient (Wildman–Crippen LogP) is 5.43. The second-order valence-corrected chi connectivity index (χ2v) is 4.25. The first kappa shape index (κ1) is 14.2. The smallest absolute Gasteiger partial charge is 0.0142 e. The minimum atomic E-state index is 1.04. The van der Waals surface area contributed by atoms with E-state index in [1.54, 1.807) is 11.1 Å². The van der Waals surface area contributed by atoms with Crippen molar-refractivity contribution >= 4 is 0 Å². The zero-order valence-corrected chi connectivity index (χ0v) is 10.9. The number of hydrogen-bond acceptors (Lipinski definition) is 0. The van der Waals surface area contributed by atoms with Crippen LogP contribution in [0.3, 0.4) is 0 Å². The van der Waals surface area contributed by atoms with Crippen molar-refractivity contribution in [1.82, 2.24) is 0 Å². The molecule has 86 valence electrons. The molecule has 0 aliphatic heterocycles. The van der Waals surface area contributed by atoms with Gasteiger partial charge >= 0.3 is 0 Å². The molecule has 0 aromatic carbocycles. The molecule has 0 unspecified atom stereocenters. The van der Waals surface area contributed by atoms with Crippen molar-refractivity contribution in [2.45, 2.75) is 59.8 Å². The van der Waals surface area contributed by atoms with Crippen molar-refractivity contribution in [3.63, 3.8) is 0 Å². The van der Waals surface area contributed by atoms with E-state index in [1.807, 2.05) is 6.08 Å². The third-order valence-electron chi connectivity index (χ3n) is 2.99. The molecule has 0 rings (SSSR count). The molecule has 0 fully saturated rings. The van der Waals surface area contributed by atoms with Crippen molar-refractivity contribution in [2.24, 2.45) is 0 Å². The van der Waals surface area contributed by atoms with Crippen molar-refractivity contribution in [2.75, 3.05) is 0 Å². The highest BCUT2D eigenvalue weighted by Crippen LogP contribution is 2.19. The van der Waals surface area contributed by atoms with E-state index in [-0.39, 0.29) is 0 Å². The molecule has 0 bridgehead atoms. The first-order chi connectivity index (χ1) is 7.15. The van der Waals surface area contributed by atoms with Gasteiger partial charge in [-0.25, -0.2) is 0 Å². The van der Waals surface area contributed by atoms with Crippen LogP contribution in [0.4, 0.5) is 0 Å². The molecule has 0 aliphatic carbocycles. The molecule has 0 saturated heterocycles. The van der Waals surface area contributed by atoms with Crippen LogP contribution in [0.5, 0.6) is 0 Å². The highest BCUT2D eigenvalue weighted by Gasteiger charge is 1.99. The molecule has 0 N–H and O–H groups in total. The molecule has 15 heavy (non-hydrogen) atoms. The molecule has 0 radical (unpaired) electrons. The van der Waals surface area contributed by atoms with Gasteiger partial charge in [-0.1, -0.05) is 42.2 Å². The Labute approximate surface area is 95.8 Å². The molecular formula is C15H26. The van der Waals surface area contributed by atoms with Gasteiger partial charge in [0.05, 0.1) is 0 Å². The van der Waals surface area contributed by atoms with Crippen LogP contribution in [0.2, 0.25) is 0 Å². The van der Waals surface area contributed by atoms with Crippen LogP contribution >= 0.6 is 0 Å². The first-order valence-electron chi connectivity index (χ1n) is 6.05. The molecule has 0 aliphatic rings. The summed E-state index contributed by atoms with van der Waals surface area (Å²) in [5, 5.41) is 0. The van der Waals surface area contributed by atoms with E-state index in [0.717, 1.165) is 6.42 Å². The zero-order valence-electron chi connectivity index (χ0n) is 10.9. The maximum Gasteiger partial charge on any atom is -0.0142 e. The Hall–Kier alpha value is -0.780. The summed E-state index contributed by atoms with van der Waals surface area (Å²) in [4.78, 5) is 0. The predicted molar refractivity (Wildman–Crippen MR) is 71.1 cm³/mol. The van der Waals surface area contributed by atoms with Gasteiger partial charge in [-0.05, 0) is 46.5 Å². The highest BCUT2D eigenvalue weighted by molar-refractivity contribution is 5.13. The third-order valence-corrected chi connectivity index (χ3v) is 2.99. The summed E-state index contributed by atoms with van der Waals surface area (Å²) in [7, 11) is 0. The zero-order chi connectivity index (χ0) is 11.7. The van der Waals surface area contributed by atoms with Gasteiger partial charge in [-0.3, -0.25) is 0 Å². The van der Waals surface area contributed by atoms with Crippen molar-refractivity contribution < 1.29 is 0 Å². The Morgan fingerprint density at radius 2 is 1.67 bits per heavy atom. The SMILES string of the molecule is C=CC/C(=C/C)CC/C(C)=C(\C)CCC. The topological polar surface area (TPSA) is 0 Å². The van der Waals surface area contributed by atoms with Crippen LogP contribution in [0.25, 0.3) is 0 Å². The lowest BCUT2D eigenvalue weighted by Crippen LogP contribution is -1.88. The van der Waals surface area contributed by atoms with Crippen molar-refractivity contribution in [3.05, 3.63) is 35.5 Å². The van der Waals surface area contributed by atoms with E-state index >= 15 is 0 Å². The van der Waals surface area contributed by atoms with Gasteiger partial charge in [0.25, 0.3) is 0 Å². The summed E-state index contributed by atoms with van der Waals surface area (Å²) < 4.78 is 0. The fourth-order valence-corrected chi connectivity index (χ4v) is 1.70. The highest BCUT2D eigenvalue weighted by atomic mass is 14.1. The van der Waals surface area contributed by atoms with E-state index in [2.05, 4.69) is 40.3 Å². The fourth-order valence-electron chi connectivity index (χ4n) is 1.70. The van der Waals surface area contributed by atoms with E-state index in [0.29, 0.717) is 0 Å². The Balaban J connectivity index is 4.13. The average Bonchev–Trinajstić information content (AvgIpc) is 2.24. The Kier molecular flexibility index (Phi) is 8.08. The largest absolute Gasteiger partial charge is 0.103 e. The summed E-state index contributed by atoms with van der Waals surface area (Å²) in [6.45, 7) is 12.7. The van der Waals surface area contributed by atoms with Gasteiger partial charge in [0, 0.05) is 0 Å². The van der Waals surface area contributed by atoms with Gasteiger partial charge in [0.15, 0.2) is 0 Å². The van der Waals surface area contributed by atoms with Crippen LogP contribution in [-0.4, -0.2) is 0 Å². The maximum absolute atomic E-state index is 3.79. The quantitative estimate of drug-likeness (QED) is 0.487. The van der Waals surface area contributed by atoms with Crippen LogP contribution in [0, 0.1) is 0 Å². The summed E-state index contributed by atoms with van der Waals surface area (Å²) >= 11 is 0. The normalized spacial score (nSPS) is 13.7. The maximum atomic E-state index is 3.79. The number of hydrogen-bond donors (Lipinski definition) is 0. The molecule has 0 atom stereocenters. The molecule has 0 heteroatoms. The van der Waals surface area contributed by atoms with E-state index in [1.165, 1.54) is 31.3 Å². The Morgan fingerprint density at radius 3 is 2.13 bits per heavy atom. The second kappa shape index (κ2) is 8.52. The van der Waals surface area contributed by atoms with E-state index < -0.39 is 0 Å². The van der Waals surface area contributed by atoms with Gasteiger partial charge in [-0.2, -0.15) is 0 Å². The van der Waals surface area contributed by atoms with Crippen LogP contribution in [0.15, 0.2) is 35.5 Å². The minimum absolute atomic E-state index is 1.04. The van der Waals surface area contributed by atoms with Gasteiger partial charge in [0.2, 0.25) is 0 Å². The van der Waals surface area contributed by atoms with Gasteiger partial charge in [0.1, 0.15) is 0 Å². The lowest BCUT2D eigenvalue weighted by Gasteiger charge is -2.08. The van der Waals surface area contributed by atoms with Crippen molar-refractivity contribution in [1.29, 1.82) is 0 Å². The summed E-state index contributed by atoms with van der Waals surface area (Å²) in [6, 6.07) is 0. The summed E-state index contributed by atoms with van der Waals surface area (Å²) in [6.07, 6.45) is 10.2. The summed E-state index contributed by atoms with van der Waals surface area (Å²) in [5.74, 6) is 0. The van der Waals surface area contributed by atoms with Gasteiger partial charge < -0.3 is 0 Å². The van der Waals surface area contributed by atoms with Crippen LogP contribution in [-0.2, 0) is 0 Å². The molecular weight excluding hydrogens is 180 g/mol. The molecule has 0 aromatic heterocycles. The minimum Gasteiger partial charge on any atom is -0.103 e. The Morgan fingerprint density at radius 1 is 1.07 bits per heavy atom. The van der Waals surface area contributed by atoms with Gasteiger partial charge in [-0.15, -0.1) is 6.58 Å². The van der Waals surface area contributed by atoms with Crippen LogP contribution < -0.4 is 0 Å². The third kappa shape index (κ3) is 6.33. The van der Waals surface area contributed by atoms with Crippen LogP contribution in [0.1, 0.15) is 59.8 Å². The molecule has 0 heterocycles. The van der Waals surface area contributed by atoms with E-state index in [4.69, 9.17) is 0 Å². The standard InChI is InChI=1S/C15H26/c1-6-9-13(4)14(5)11-12-15(8-3)10-7-2/h7-8H,2,6,9-12H2,1,3-5H3/b14-13+,15-8-. The molecule has 0 spiro atoms. The molecule has 0 amide bonds. The number of allylic oxidation sites excluding steroid dienone is 5. The monoisotopic (exact) mass is 206 g/mol. The molecule has 0 aromatic rings. The first-order valence-corrected chi connectivity index (χ1v) is 6.05. The summed E-state index contributed by atoms with van der Waals surface area (Å²) in [5.41, 5.74) is 4.65. The fraction of sp³-hybridized carbons (Fsp3) is 0.600. The second-order valence-electron chi connectivity index (χ2n) is 4.25. The Bertz CT molecular complexity index is 241. The lowest BCUT2D eigenvalue weighted by molar-refractivity contribution is 0.836. The molecule has 0 saturated carbocycles. The van der Waals surface area contributed by atoms with E-state index in [9.17, 15) is 0 Å². The lowest BCUT2D eigenvalue weighted by atomic mass is 9.98.